The summed E-state index contributed by atoms with van der Waals surface area (Å²) in [4.78, 5) is 0. The second-order valence-electron chi connectivity index (χ2n) is 2.35. The summed E-state index contributed by atoms with van der Waals surface area (Å²) in [5.41, 5.74) is 3.09. The van der Waals surface area contributed by atoms with Gasteiger partial charge in [-0.25, -0.2) is 5.01 Å². The molecule has 0 radical (unpaired) electrons. The minimum atomic E-state index is 0.381. The van der Waals surface area contributed by atoms with Crippen molar-refractivity contribution in [3.05, 3.63) is 0 Å². The maximum absolute atomic E-state index is 5.33. The zero-order chi connectivity index (χ0) is 6.69. The summed E-state index contributed by atoms with van der Waals surface area (Å²) in [7, 11) is 1.94. The van der Waals surface area contributed by atoms with Crippen LogP contribution in [-0.2, 0) is 4.74 Å². The van der Waals surface area contributed by atoms with Crippen LogP contribution in [0.5, 0.6) is 0 Å². The van der Waals surface area contributed by atoms with E-state index >= 15 is 0 Å². The third-order valence-electron chi connectivity index (χ3n) is 1.56. The lowest BCUT2D eigenvalue weighted by Crippen LogP contribution is -2.47. The molecule has 0 amide bonds. The van der Waals surface area contributed by atoms with Crippen LogP contribution in [0.2, 0.25) is 0 Å². The lowest BCUT2D eigenvalue weighted by atomic mass is 10.3. The van der Waals surface area contributed by atoms with Gasteiger partial charge in [0.1, 0.15) is 0 Å². The van der Waals surface area contributed by atoms with Gasteiger partial charge in [0.15, 0.2) is 0 Å². The first-order chi connectivity index (χ1) is 4.33. The van der Waals surface area contributed by atoms with Crippen molar-refractivity contribution >= 4 is 0 Å². The molecule has 0 aromatic rings. The molecule has 0 aromatic heterocycles. The Morgan fingerprint density at radius 2 is 2.44 bits per heavy atom. The fraction of sp³-hybridized carbons (Fsp3) is 1.00. The van der Waals surface area contributed by atoms with Crippen LogP contribution in [0.4, 0.5) is 0 Å². The molecule has 0 bridgehead atoms. The molecular formula is C6H14N2O. The van der Waals surface area contributed by atoms with E-state index in [1.165, 1.54) is 0 Å². The smallest absolute Gasteiger partial charge is 0.0688 e. The van der Waals surface area contributed by atoms with Gasteiger partial charge in [-0.05, 0) is 14.0 Å². The molecule has 1 aliphatic rings. The van der Waals surface area contributed by atoms with Crippen LogP contribution in [0.1, 0.15) is 6.92 Å². The number of morpholine rings is 1. The molecule has 1 fully saturated rings. The topological polar surface area (TPSA) is 24.5 Å². The molecule has 54 valence electrons. The van der Waals surface area contributed by atoms with Crippen LogP contribution >= 0.6 is 0 Å². The van der Waals surface area contributed by atoms with Crippen LogP contribution < -0.4 is 5.43 Å². The van der Waals surface area contributed by atoms with Crippen molar-refractivity contribution in [2.75, 3.05) is 26.7 Å². The quantitative estimate of drug-likeness (QED) is 0.534. The summed E-state index contributed by atoms with van der Waals surface area (Å²) in [5, 5.41) is 2.16. The second-order valence-corrected chi connectivity index (χ2v) is 2.35. The molecule has 1 aliphatic heterocycles. The Morgan fingerprint density at radius 3 is 2.89 bits per heavy atom. The summed E-state index contributed by atoms with van der Waals surface area (Å²) >= 11 is 0. The predicted octanol–water partition coefficient (Wildman–Crippen LogP) is -0.159. The summed E-state index contributed by atoms with van der Waals surface area (Å²) in [6.45, 7) is 4.93. The highest BCUT2D eigenvalue weighted by Gasteiger charge is 2.13. The molecule has 0 unspecified atom stereocenters. The number of hydrogen-bond donors (Lipinski definition) is 1. The Kier molecular flexibility index (Phi) is 2.45. The molecule has 0 spiro atoms. The van der Waals surface area contributed by atoms with Crippen molar-refractivity contribution in [1.82, 2.24) is 10.4 Å². The van der Waals surface area contributed by atoms with E-state index in [9.17, 15) is 0 Å². The third-order valence-corrected chi connectivity index (χ3v) is 1.56. The van der Waals surface area contributed by atoms with Crippen LogP contribution in [0.3, 0.4) is 0 Å². The van der Waals surface area contributed by atoms with Crippen LogP contribution in [0.25, 0.3) is 0 Å². The molecule has 3 nitrogen and oxygen atoms in total. The van der Waals surface area contributed by atoms with E-state index in [1.54, 1.807) is 0 Å². The van der Waals surface area contributed by atoms with Crippen molar-refractivity contribution in [2.24, 2.45) is 0 Å². The maximum Gasteiger partial charge on any atom is 0.0688 e. The lowest BCUT2D eigenvalue weighted by Gasteiger charge is -2.29. The molecule has 0 saturated carbocycles. The minimum absolute atomic E-state index is 0.381. The molecular weight excluding hydrogens is 116 g/mol. The molecule has 0 aromatic carbocycles. The number of hydrogen-bond acceptors (Lipinski definition) is 3. The number of hydrazine groups is 1. The molecule has 1 N–H and O–H groups in total. The molecule has 1 rings (SSSR count). The molecule has 3 heteroatoms. The monoisotopic (exact) mass is 130 g/mol. The van der Waals surface area contributed by atoms with Crippen molar-refractivity contribution in [1.29, 1.82) is 0 Å². The standard InChI is InChI=1S/C6H14N2O/c1-6-5-8(7-2)3-4-9-6/h6-7H,3-5H2,1-2H3/t6-/m1/s1. The Bertz CT molecular complexity index is 87.1. The van der Waals surface area contributed by atoms with Crippen molar-refractivity contribution in [3.63, 3.8) is 0 Å². The first-order valence-corrected chi connectivity index (χ1v) is 3.37. The fourth-order valence-corrected chi connectivity index (χ4v) is 1.02. The highest BCUT2D eigenvalue weighted by molar-refractivity contribution is 4.62. The van der Waals surface area contributed by atoms with E-state index in [0.29, 0.717) is 6.10 Å². The van der Waals surface area contributed by atoms with E-state index in [4.69, 9.17) is 4.74 Å². The summed E-state index contributed by atoms with van der Waals surface area (Å²) in [5.74, 6) is 0. The van der Waals surface area contributed by atoms with Crippen LogP contribution in [-0.4, -0.2) is 37.9 Å². The van der Waals surface area contributed by atoms with E-state index in [-0.39, 0.29) is 0 Å². The van der Waals surface area contributed by atoms with Crippen LogP contribution in [0.15, 0.2) is 0 Å². The normalized spacial score (nSPS) is 30.7. The maximum atomic E-state index is 5.33. The average molecular weight is 130 g/mol. The van der Waals surface area contributed by atoms with E-state index in [0.717, 1.165) is 19.7 Å². The minimum Gasteiger partial charge on any atom is -0.376 e. The van der Waals surface area contributed by atoms with Gasteiger partial charge in [0.05, 0.1) is 12.7 Å². The van der Waals surface area contributed by atoms with Gasteiger partial charge in [-0.3, -0.25) is 5.43 Å². The summed E-state index contributed by atoms with van der Waals surface area (Å²) in [6, 6.07) is 0. The van der Waals surface area contributed by atoms with Gasteiger partial charge in [-0.15, -0.1) is 0 Å². The fourth-order valence-electron chi connectivity index (χ4n) is 1.02. The van der Waals surface area contributed by atoms with Crippen molar-refractivity contribution in [2.45, 2.75) is 13.0 Å². The van der Waals surface area contributed by atoms with Gasteiger partial charge in [-0.1, -0.05) is 0 Å². The van der Waals surface area contributed by atoms with Gasteiger partial charge in [0.2, 0.25) is 0 Å². The average Bonchev–Trinajstić information content (AvgIpc) is 1.88. The SMILES string of the molecule is CNN1CCO[C@H](C)C1. The molecule has 9 heavy (non-hydrogen) atoms. The number of nitrogens with zero attached hydrogens (tertiary/aromatic N) is 1. The number of ether oxygens (including phenoxy) is 1. The van der Waals surface area contributed by atoms with Crippen LogP contribution in [0, 0.1) is 0 Å². The van der Waals surface area contributed by atoms with Gasteiger partial charge >= 0.3 is 0 Å². The molecule has 1 atom stereocenters. The highest BCUT2D eigenvalue weighted by atomic mass is 16.5. The van der Waals surface area contributed by atoms with Gasteiger partial charge in [0.25, 0.3) is 0 Å². The summed E-state index contributed by atoms with van der Waals surface area (Å²) in [6.07, 6.45) is 0.381. The van der Waals surface area contributed by atoms with E-state index in [2.05, 4.69) is 17.4 Å². The Morgan fingerprint density at radius 1 is 1.67 bits per heavy atom. The number of nitrogens with one attached hydrogen (secondary N) is 1. The summed E-state index contributed by atoms with van der Waals surface area (Å²) < 4.78 is 5.33. The van der Waals surface area contributed by atoms with Gasteiger partial charge < -0.3 is 4.74 Å². The van der Waals surface area contributed by atoms with Gasteiger partial charge in [-0.2, -0.15) is 0 Å². The van der Waals surface area contributed by atoms with Crippen molar-refractivity contribution < 1.29 is 4.74 Å². The third kappa shape index (κ3) is 1.93. The Labute approximate surface area is 56.0 Å². The first kappa shape index (κ1) is 6.99. The lowest BCUT2D eigenvalue weighted by molar-refractivity contribution is -0.0343. The molecule has 1 heterocycles. The predicted molar refractivity (Wildman–Crippen MR) is 36.0 cm³/mol. The zero-order valence-electron chi connectivity index (χ0n) is 6.05. The second kappa shape index (κ2) is 3.15. The Balaban J connectivity index is 2.23. The van der Waals surface area contributed by atoms with Gasteiger partial charge in [0, 0.05) is 13.1 Å². The van der Waals surface area contributed by atoms with Crippen molar-refractivity contribution in [3.8, 4) is 0 Å². The zero-order valence-corrected chi connectivity index (χ0v) is 6.05. The Hall–Kier alpha value is -0.120. The number of rotatable bonds is 1. The van der Waals surface area contributed by atoms with E-state index in [1.807, 2.05) is 7.05 Å². The molecule has 0 aliphatic carbocycles. The first-order valence-electron chi connectivity index (χ1n) is 3.37. The molecule has 1 saturated heterocycles. The highest BCUT2D eigenvalue weighted by Crippen LogP contribution is 1.99. The largest absolute Gasteiger partial charge is 0.376 e. The van der Waals surface area contributed by atoms with E-state index < -0.39 is 0 Å².